The van der Waals surface area contributed by atoms with Gasteiger partial charge in [0.2, 0.25) is 11.8 Å². The van der Waals surface area contributed by atoms with E-state index >= 15 is 0 Å². The molecule has 1 atom stereocenters. The minimum Gasteiger partial charge on any atom is -0.491 e. The highest BCUT2D eigenvalue weighted by Gasteiger charge is 2.49. The van der Waals surface area contributed by atoms with Crippen molar-refractivity contribution in [3.63, 3.8) is 0 Å². The molecule has 0 radical (unpaired) electrons. The lowest BCUT2D eigenvalue weighted by atomic mass is 10.0. The van der Waals surface area contributed by atoms with E-state index in [2.05, 4.69) is 22.0 Å². The number of piperazine rings is 1. The summed E-state index contributed by atoms with van der Waals surface area (Å²) in [6, 6.07) is 5.09. The minimum absolute atomic E-state index is 0. The van der Waals surface area contributed by atoms with E-state index in [1.165, 1.54) is 11.0 Å². The Labute approximate surface area is 202 Å². The fourth-order valence-corrected chi connectivity index (χ4v) is 4.64. The van der Waals surface area contributed by atoms with Crippen LogP contribution in [-0.2, 0) is 9.59 Å². The normalized spacial score (nSPS) is 23.7. The summed E-state index contributed by atoms with van der Waals surface area (Å²) in [4.78, 5) is 31.2. The van der Waals surface area contributed by atoms with Gasteiger partial charge in [0.1, 0.15) is 17.1 Å². The van der Waals surface area contributed by atoms with Crippen LogP contribution in [0.4, 0.5) is 10.1 Å². The fourth-order valence-electron chi connectivity index (χ4n) is 4.64. The molecule has 1 aromatic carbocycles. The number of ether oxygens (including phenoxy) is 1. The van der Waals surface area contributed by atoms with Gasteiger partial charge in [0.15, 0.2) is 0 Å². The molecule has 2 saturated heterocycles. The molecule has 0 spiro atoms. The second-order valence-electron chi connectivity index (χ2n) is 9.42. The predicted octanol–water partition coefficient (Wildman–Crippen LogP) is 2.82. The highest BCUT2D eigenvalue weighted by atomic mass is 35.5. The second kappa shape index (κ2) is 11.0. The Balaban J connectivity index is 0.00000306. The Hall–Kier alpha value is -1.90. The lowest BCUT2D eigenvalue weighted by molar-refractivity contribution is -0.140. The van der Waals surface area contributed by atoms with Crippen LogP contribution in [0.25, 0.3) is 0 Å². The van der Waals surface area contributed by atoms with E-state index in [9.17, 15) is 14.0 Å². The third-order valence-electron chi connectivity index (χ3n) is 6.57. The summed E-state index contributed by atoms with van der Waals surface area (Å²) < 4.78 is 19.7. The van der Waals surface area contributed by atoms with Crippen molar-refractivity contribution < 1.29 is 18.7 Å². The van der Waals surface area contributed by atoms with Crippen molar-refractivity contribution >= 4 is 29.9 Å². The zero-order chi connectivity index (χ0) is 22.7. The number of imide groups is 1. The standard InChI is InChI=1S/C24H35FN4O3.ClH/c1-3-15-32-21-8-5-18(25)16-20(21)28-13-11-27(12-14-28)9-4-10-29-22(30)17-24(2,23(29)31)26-19-6-7-19;/h5,8,16,19,26H,3-4,6-7,9-15,17H2,1-2H3;1H. The molecule has 33 heavy (non-hydrogen) atoms. The van der Waals surface area contributed by atoms with Crippen molar-refractivity contribution in [1.29, 1.82) is 0 Å². The number of nitrogens with one attached hydrogen (secondary N) is 1. The molecule has 4 rings (SSSR count). The van der Waals surface area contributed by atoms with E-state index < -0.39 is 5.54 Å². The molecule has 184 valence electrons. The smallest absolute Gasteiger partial charge is 0.249 e. The van der Waals surface area contributed by atoms with Crippen LogP contribution in [0, 0.1) is 5.82 Å². The first-order chi connectivity index (χ1) is 15.4. The van der Waals surface area contributed by atoms with Crippen LogP contribution in [-0.4, -0.2) is 79.1 Å². The summed E-state index contributed by atoms with van der Waals surface area (Å²) in [5.41, 5.74) is 0.0839. The maximum absolute atomic E-state index is 13.8. The van der Waals surface area contributed by atoms with E-state index in [4.69, 9.17) is 4.74 Å². The van der Waals surface area contributed by atoms with Crippen LogP contribution >= 0.6 is 12.4 Å². The number of likely N-dealkylation sites (tertiary alicyclic amines) is 1. The largest absolute Gasteiger partial charge is 0.491 e. The van der Waals surface area contributed by atoms with Crippen molar-refractivity contribution in [2.75, 3.05) is 50.8 Å². The number of benzene rings is 1. The number of amides is 2. The van der Waals surface area contributed by atoms with E-state index in [1.807, 2.05) is 6.92 Å². The van der Waals surface area contributed by atoms with Crippen molar-refractivity contribution in [2.45, 2.75) is 57.5 Å². The first-order valence-corrected chi connectivity index (χ1v) is 11.9. The third kappa shape index (κ3) is 6.16. The number of carbonyl (C=O) groups excluding carboxylic acids is 2. The lowest BCUT2D eigenvalue weighted by Gasteiger charge is -2.37. The Kier molecular flexibility index (Phi) is 8.59. The van der Waals surface area contributed by atoms with E-state index in [0.717, 1.165) is 69.8 Å². The molecule has 0 aromatic heterocycles. The highest BCUT2D eigenvalue weighted by molar-refractivity contribution is 6.08. The van der Waals surface area contributed by atoms with E-state index in [1.54, 1.807) is 12.1 Å². The number of halogens is 2. The molecule has 7 nitrogen and oxygen atoms in total. The first-order valence-electron chi connectivity index (χ1n) is 11.9. The molecular weight excluding hydrogens is 447 g/mol. The van der Waals surface area contributed by atoms with Gasteiger partial charge in [-0.05, 0) is 51.3 Å². The molecule has 1 aromatic rings. The van der Waals surface area contributed by atoms with Gasteiger partial charge >= 0.3 is 0 Å². The van der Waals surface area contributed by atoms with Crippen LogP contribution in [0.5, 0.6) is 5.75 Å². The quantitative estimate of drug-likeness (QED) is 0.517. The number of rotatable bonds is 10. The van der Waals surface area contributed by atoms with E-state index in [-0.39, 0.29) is 36.5 Å². The van der Waals surface area contributed by atoms with Crippen LogP contribution in [0.1, 0.15) is 46.0 Å². The highest BCUT2D eigenvalue weighted by Crippen LogP contribution is 2.31. The average molecular weight is 483 g/mol. The third-order valence-corrected chi connectivity index (χ3v) is 6.57. The van der Waals surface area contributed by atoms with Crippen molar-refractivity contribution in [3.05, 3.63) is 24.0 Å². The molecule has 1 saturated carbocycles. The molecule has 1 aliphatic carbocycles. The van der Waals surface area contributed by atoms with Gasteiger partial charge in [0.05, 0.1) is 18.7 Å². The molecule has 2 amide bonds. The van der Waals surface area contributed by atoms with Gasteiger partial charge < -0.3 is 15.0 Å². The minimum atomic E-state index is -0.730. The van der Waals surface area contributed by atoms with Gasteiger partial charge in [0.25, 0.3) is 0 Å². The zero-order valence-corrected chi connectivity index (χ0v) is 20.5. The summed E-state index contributed by atoms with van der Waals surface area (Å²) >= 11 is 0. The Morgan fingerprint density at radius 1 is 1.15 bits per heavy atom. The lowest BCUT2D eigenvalue weighted by Crippen LogP contribution is -2.50. The molecule has 3 fully saturated rings. The molecule has 3 aliphatic rings. The van der Waals surface area contributed by atoms with Crippen LogP contribution in [0.2, 0.25) is 0 Å². The van der Waals surface area contributed by atoms with Crippen molar-refractivity contribution in [3.8, 4) is 5.75 Å². The summed E-state index contributed by atoms with van der Waals surface area (Å²) in [5.74, 6) is 0.330. The molecule has 2 heterocycles. The zero-order valence-electron chi connectivity index (χ0n) is 19.6. The van der Waals surface area contributed by atoms with Gasteiger partial charge in [-0.1, -0.05) is 6.92 Å². The topological polar surface area (TPSA) is 65.1 Å². The predicted molar refractivity (Wildman–Crippen MR) is 129 cm³/mol. The second-order valence-corrected chi connectivity index (χ2v) is 9.42. The molecule has 2 aliphatic heterocycles. The van der Waals surface area contributed by atoms with Gasteiger partial charge in [-0.15, -0.1) is 12.4 Å². The monoisotopic (exact) mass is 482 g/mol. The van der Waals surface area contributed by atoms with Crippen LogP contribution < -0.4 is 15.0 Å². The molecular formula is C24H36ClFN4O3. The molecule has 1 unspecified atom stereocenters. The van der Waals surface area contributed by atoms with Gasteiger partial charge in [-0.25, -0.2) is 4.39 Å². The van der Waals surface area contributed by atoms with Gasteiger partial charge in [-0.3, -0.25) is 19.4 Å². The maximum atomic E-state index is 13.8. The fraction of sp³-hybridized carbons (Fsp3) is 0.667. The number of nitrogens with zero attached hydrogens (tertiary/aromatic N) is 3. The average Bonchev–Trinajstić information content (AvgIpc) is 3.55. The Bertz CT molecular complexity index is 845. The summed E-state index contributed by atoms with van der Waals surface area (Å²) in [6.45, 7) is 9.11. The summed E-state index contributed by atoms with van der Waals surface area (Å²) in [6.07, 6.45) is 4.11. The van der Waals surface area contributed by atoms with Crippen LogP contribution in [0.3, 0.4) is 0 Å². The Morgan fingerprint density at radius 3 is 2.55 bits per heavy atom. The molecule has 1 N–H and O–H groups in total. The number of anilines is 1. The SMILES string of the molecule is CCCOc1ccc(F)cc1N1CCN(CCCN2C(=O)CC(C)(NC3CC3)C2=O)CC1.Cl. The first kappa shape index (κ1) is 25.7. The van der Waals surface area contributed by atoms with Gasteiger partial charge in [0, 0.05) is 44.8 Å². The number of hydrogen-bond donors (Lipinski definition) is 1. The van der Waals surface area contributed by atoms with Crippen LogP contribution in [0.15, 0.2) is 18.2 Å². The Morgan fingerprint density at radius 2 is 1.88 bits per heavy atom. The van der Waals surface area contributed by atoms with E-state index in [0.29, 0.717) is 19.2 Å². The maximum Gasteiger partial charge on any atom is 0.249 e. The van der Waals surface area contributed by atoms with Crippen molar-refractivity contribution in [1.82, 2.24) is 15.1 Å². The summed E-state index contributed by atoms with van der Waals surface area (Å²) in [7, 11) is 0. The number of carbonyl (C=O) groups is 2. The summed E-state index contributed by atoms with van der Waals surface area (Å²) in [5, 5.41) is 3.36. The van der Waals surface area contributed by atoms with Crippen molar-refractivity contribution in [2.24, 2.45) is 0 Å². The molecule has 9 heteroatoms. The number of hydrogen-bond acceptors (Lipinski definition) is 6. The molecule has 0 bridgehead atoms. The van der Waals surface area contributed by atoms with Gasteiger partial charge in [-0.2, -0.15) is 0 Å².